The van der Waals surface area contributed by atoms with E-state index in [1.807, 2.05) is 11.3 Å². The first kappa shape index (κ1) is 11.7. The first-order valence-electron chi connectivity index (χ1n) is 6.81. The van der Waals surface area contributed by atoms with E-state index in [1.54, 1.807) is 0 Å². The molecular weight excluding hydrogens is 228 g/mol. The van der Waals surface area contributed by atoms with Crippen LogP contribution in [0.4, 0.5) is 0 Å². The van der Waals surface area contributed by atoms with Gasteiger partial charge in [0, 0.05) is 23.5 Å². The van der Waals surface area contributed by atoms with E-state index in [0.717, 1.165) is 18.5 Å². The van der Waals surface area contributed by atoms with Crippen LogP contribution in [0.5, 0.6) is 0 Å². The second-order valence-corrected chi connectivity index (χ2v) is 6.49. The first-order valence-corrected chi connectivity index (χ1v) is 7.69. The molecule has 0 spiro atoms. The lowest BCUT2D eigenvalue weighted by Crippen LogP contribution is -2.37. The van der Waals surface area contributed by atoms with Gasteiger partial charge in [-0.3, -0.25) is 0 Å². The topological polar surface area (TPSA) is 15.3 Å². The minimum absolute atomic E-state index is 0.629. The molecule has 3 rings (SSSR count). The van der Waals surface area contributed by atoms with Crippen molar-refractivity contribution in [3.8, 4) is 0 Å². The predicted molar refractivity (Wildman–Crippen MR) is 73.4 cm³/mol. The predicted octanol–water partition coefficient (Wildman–Crippen LogP) is 2.88. The Kier molecular flexibility index (Phi) is 3.50. The van der Waals surface area contributed by atoms with Gasteiger partial charge in [0.2, 0.25) is 0 Å². The van der Waals surface area contributed by atoms with Crippen LogP contribution in [0, 0.1) is 5.92 Å². The third-order valence-corrected chi connectivity index (χ3v) is 5.14. The van der Waals surface area contributed by atoms with Gasteiger partial charge in [-0.1, -0.05) is 6.07 Å². The van der Waals surface area contributed by atoms with E-state index in [1.165, 1.54) is 37.1 Å². The lowest BCUT2D eigenvalue weighted by atomic mass is 10.1. The smallest absolute Gasteiger partial charge is 0.0443 e. The monoisotopic (exact) mass is 250 g/mol. The van der Waals surface area contributed by atoms with Gasteiger partial charge in [-0.25, -0.2) is 0 Å². The summed E-state index contributed by atoms with van der Waals surface area (Å²) in [7, 11) is 2.26. The van der Waals surface area contributed by atoms with E-state index in [-0.39, 0.29) is 0 Å². The van der Waals surface area contributed by atoms with Crippen molar-refractivity contribution in [3.05, 3.63) is 22.4 Å². The summed E-state index contributed by atoms with van der Waals surface area (Å²) in [6.45, 7) is 2.44. The molecule has 1 aliphatic heterocycles. The molecule has 3 heteroatoms. The summed E-state index contributed by atoms with van der Waals surface area (Å²) in [5, 5.41) is 6.03. The van der Waals surface area contributed by atoms with E-state index < -0.39 is 0 Å². The number of likely N-dealkylation sites (N-methyl/N-ethyl adjacent to an activating group) is 1. The molecule has 0 bridgehead atoms. The fraction of sp³-hybridized carbons (Fsp3) is 0.714. The molecule has 1 N–H and O–H groups in total. The molecule has 0 radical (unpaired) electrons. The van der Waals surface area contributed by atoms with Gasteiger partial charge < -0.3 is 10.2 Å². The molecule has 17 heavy (non-hydrogen) atoms. The van der Waals surface area contributed by atoms with Crippen molar-refractivity contribution in [2.24, 2.45) is 5.92 Å². The minimum atomic E-state index is 0.629. The average molecular weight is 250 g/mol. The molecule has 2 unspecified atom stereocenters. The number of likely N-dealkylation sites (tertiary alicyclic amines) is 1. The van der Waals surface area contributed by atoms with E-state index in [2.05, 4.69) is 34.8 Å². The van der Waals surface area contributed by atoms with E-state index in [4.69, 9.17) is 0 Å². The second kappa shape index (κ2) is 5.09. The van der Waals surface area contributed by atoms with Crippen LogP contribution in [0.25, 0.3) is 0 Å². The standard InChI is InChI=1S/C14H22N2S/c1-16-8-2-4-12(16)10-15-14(11-6-7-11)13-5-3-9-17-13/h3,5,9,11-12,14-15H,2,4,6-8,10H2,1H3. The zero-order valence-electron chi connectivity index (χ0n) is 10.6. The molecule has 2 nitrogen and oxygen atoms in total. The summed E-state index contributed by atoms with van der Waals surface area (Å²) < 4.78 is 0. The van der Waals surface area contributed by atoms with Crippen LogP contribution in [-0.4, -0.2) is 31.1 Å². The molecule has 0 amide bonds. The second-order valence-electron chi connectivity index (χ2n) is 5.52. The Morgan fingerprint density at radius 1 is 1.47 bits per heavy atom. The summed E-state index contributed by atoms with van der Waals surface area (Å²) >= 11 is 1.91. The van der Waals surface area contributed by atoms with Crippen LogP contribution in [0.1, 0.15) is 36.6 Å². The molecule has 2 aliphatic rings. The molecule has 2 fully saturated rings. The van der Waals surface area contributed by atoms with Gasteiger partial charge in [-0.15, -0.1) is 11.3 Å². The maximum atomic E-state index is 3.83. The lowest BCUT2D eigenvalue weighted by molar-refractivity contribution is 0.287. The highest BCUT2D eigenvalue weighted by molar-refractivity contribution is 7.10. The van der Waals surface area contributed by atoms with Crippen molar-refractivity contribution in [3.63, 3.8) is 0 Å². The number of hydrogen-bond acceptors (Lipinski definition) is 3. The highest BCUT2D eigenvalue weighted by Gasteiger charge is 2.33. The molecule has 1 saturated carbocycles. The third kappa shape index (κ3) is 2.72. The highest BCUT2D eigenvalue weighted by atomic mass is 32.1. The van der Waals surface area contributed by atoms with Crippen molar-refractivity contribution < 1.29 is 0 Å². The zero-order valence-corrected chi connectivity index (χ0v) is 11.4. The van der Waals surface area contributed by atoms with Crippen LogP contribution in [0.3, 0.4) is 0 Å². The van der Waals surface area contributed by atoms with Crippen LogP contribution in [0.15, 0.2) is 17.5 Å². The summed E-state index contributed by atoms with van der Waals surface area (Å²) in [6, 6.07) is 5.86. The summed E-state index contributed by atoms with van der Waals surface area (Å²) in [5.74, 6) is 0.903. The normalized spacial score (nSPS) is 27.5. The first-order chi connectivity index (χ1) is 8.34. The Bertz CT molecular complexity index is 345. The van der Waals surface area contributed by atoms with E-state index in [0.29, 0.717) is 6.04 Å². The number of rotatable bonds is 5. The summed E-state index contributed by atoms with van der Waals surface area (Å²) in [4.78, 5) is 4.04. The number of thiophene rings is 1. The Morgan fingerprint density at radius 3 is 2.94 bits per heavy atom. The zero-order chi connectivity index (χ0) is 11.7. The Labute approximate surface area is 108 Å². The van der Waals surface area contributed by atoms with Gasteiger partial charge in [-0.2, -0.15) is 0 Å². The molecule has 1 aromatic heterocycles. The van der Waals surface area contributed by atoms with Crippen molar-refractivity contribution >= 4 is 11.3 Å². The van der Waals surface area contributed by atoms with Gasteiger partial charge in [-0.05, 0) is 56.6 Å². The largest absolute Gasteiger partial charge is 0.307 e. The maximum absolute atomic E-state index is 3.83. The van der Waals surface area contributed by atoms with Crippen LogP contribution in [-0.2, 0) is 0 Å². The van der Waals surface area contributed by atoms with Gasteiger partial charge in [0.15, 0.2) is 0 Å². The Hall–Kier alpha value is -0.380. The fourth-order valence-corrected chi connectivity index (χ4v) is 3.79. The SMILES string of the molecule is CN1CCCC1CNC(c1cccs1)C1CC1. The molecule has 1 saturated heterocycles. The van der Waals surface area contributed by atoms with E-state index in [9.17, 15) is 0 Å². The van der Waals surface area contributed by atoms with Crippen LogP contribution >= 0.6 is 11.3 Å². The minimum Gasteiger partial charge on any atom is -0.307 e. The molecule has 1 aliphatic carbocycles. The lowest BCUT2D eigenvalue weighted by Gasteiger charge is -2.24. The quantitative estimate of drug-likeness (QED) is 0.864. The molecule has 2 heterocycles. The van der Waals surface area contributed by atoms with Crippen molar-refractivity contribution in [2.75, 3.05) is 20.1 Å². The highest BCUT2D eigenvalue weighted by Crippen LogP contribution is 2.42. The number of nitrogens with one attached hydrogen (secondary N) is 1. The van der Waals surface area contributed by atoms with Gasteiger partial charge in [0.1, 0.15) is 0 Å². The third-order valence-electron chi connectivity index (χ3n) is 4.19. The molecule has 94 valence electrons. The van der Waals surface area contributed by atoms with Crippen molar-refractivity contribution in [1.29, 1.82) is 0 Å². The Balaban J connectivity index is 1.58. The van der Waals surface area contributed by atoms with Crippen molar-refractivity contribution in [2.45, 2.75) is 37.8 Å². The molecule has 0 aromatic carbocycles. The van der Waals surface area contributed by atoms with Crippen molar-refractivity contribution in [1.82, 2.24) is 10.2 Å². The molecular formula is C14H22N2S. The maximum Gasteiger partial charge on any atom is 0.0443 e. The number of nitrogens with zero attached hydrogens (tertiary/aromatic N) is 1. The summed E-state index contributed by atoms with van der Waals surface area (Å²) in [5.41, 5.74) is 0. The molecule has 2 atom stereocenters. The van der Waals surface area contributed by atoms with Gasteiger partial charge in [0.05, 0.1) is 0 Å². The van der Waals surface area contributed by atoms with Crippen LogP contribution in [0.2, 0.25) is 0 Å². The Morgan fingerprint density at radius 2 is 2.35 bits per heavy atom. The molecule has 1 aromatic rings. The van der Waals surface area contributed by atoms with Gasteiger partial charge in [0.25, 0.3) is 0 Å². The van der Waals surface area contributed by atoms with Crippen LogP contribution < -0.4 is 5.32 Å². The van der Waals surface area contributed by atoms with E-state index >= 15 is 0 Å². The average Bonchev–Trinajstić information content (AvgIpc) is 2.86. The fourth-order valence-electron chi connectivity index (χ4n) is 2.90. The van der Waals surface area contributed by atoms with Gasteiger partial charge >= 0.3 is 0 Å². The summed E-state index contributed by atoms with van der Waals surface area (Å²) in [6.07, 6.45) is 5.56. The number of hydrogen-bond donors (Lipinski definition) is 1.